The van der Waals surface area contributed by atoms with Crippen molar-refractivity contribution in [3.05, 3.63) is 22.7 Å². The van der Waals surface area contributed by atoms with Gasteiger partial charge in [-0.15, -0.1) is 0 Å². The van der Waals surface area contributed by atoms with Gasteiger partial charge in [0.1, 0.15) is 0 Å². The predicted molar refractivity (Wildman–Crippen MR) is 49.8 cm³/mol. The Morgan fingerprint density at radius 3 is 3.17 bits per heavy atom. The molecular weight excluding hydrogens is 154 g/mol. The average Bonchev–Trinajstić information content (AvgIpc) is 2.07. The van der Waals surface area contributed by atoms with Crippen molar-refractivity contribution in [2.24, 2.45) is 11.9 Å². The third-order valence-electron chi connectivity index (χ3n) is 1.32. The Hall–Kier alpha value is -1.39. The Bertz CT molecular complexity index is 348. The molecule has 0 saturated heterocycles. The molecule has 60 valence electrons. The summed E-state index contributed by atoms with van der Waals surface area (Å²) >= 11 is 0. The SMILES string of the molecule is BN=BNc1ccn(C)c(=O)n1. The van der Waals surface area contributed by atoms with E-state index in [4.69, 9.17) is 0 Å². The first-order valence-corrected chi connectivity index (χ1v) is 3.45. The summed E-state index contributed by atoms with van der Waals surface area (Å²) in [6.07, 6.45) is 1.64. The van der Waals surface area contributed by atoms with E-state index < -0.39 is 0 Å². The van der Waals surface area contributed by atoms with Crippen LogP contribution in [0.3, 0.4) is 0 Å². The Balaban J connectivity index is 2.90. The van der Waals surface area contributed by atoms with Crippen LogP contribution in [0.5, 0.6) is 0 Å². The van der Waals surface area contributed by atoms with Gasteiger partial charge in [0.05, 0.1) is 0 Å². The molecule has 1 aromatic heterocycles. The third kappa shape index (κ3) is 2.05. The third-order valence-corrected chi connectivity index (χ3v) is 1.32. The number of hydrogen-bond donors (Lipinski definition) is 1. The number of hydrogen-bond acceptors (Lipinski definition) is 3. The van der Waals surface area contributed by atoms with Crippen LogP contribution < -0.4 is 10.9 Å². The van der Waals surface area contributed by atoms with Gasteiger partial charge >= 0.3 is 70.4 Å². The van der Waals surface area contributed by atoms with E-state index in [0.29, 0.717) is 5.82 Å². The molecule has 1 aromatic rings. The topological polar surface area (TPSA) is 59.3 Å². The van der Waals surface area contributed by atoms with Crippen LogP contribution in [0.4, 0.5) is 5.82 Å². The van der Waals surface area contributed by atoms with Gasteiger partial charge in [-0.05, 0) is 0 Å². The first-order valence-electron chi connectivity index (χ1n) is 3.45. The van der Waals surface area contributed by atoms with Crippen LogP contribution in [0, 0.1) is 0 Å². The van der Waals surface area contributed by atoms with Gasteiger partial charge in [-0.25, -0.2) is 0 Å². The minimum absolute atomic E-state index is 0.287. The van der Waals surface area contributed by atoms with Gasteiger partial charge in [-0.2, -0.15) is 0 Å². The summed E-state index contributed by atoms with van der Waals surface area (Å²) in [5, 5.41) is 2.75. The van der Waals surface area contributed by atoms with Crippen molar-refractivity contribution in [3.63, 3.8) is 0 Å². The average molecular weight is 162 g/mol. The van der Waals surface area contributed by atoms with E-state index >= 15 is 0 Å². The van der Waals surface area contributed by atoms with E-state index in [9.17, 15) is 4.79 Å². The molecule has 0 saturated carbocycles. The molecule has 12 heavy (non-hydrogen) atoms. The zero-order valence-corrected chi connectivity index (χ0v) is 6.98. The summed E-state index contributed by atoms with van der Waals surface area (Å²) in [4.78, 5) is 18.4. The molecule has 1 rings (SSSR count). The second kappa shape index (κ2) is 3.85. The van der Waals surface area contributed by atoms with Gasteiger partial charge in [-0.3, -0.25) is 0 Å². The molecule has 0 atom stereocenters. The maximum absolute atomic E-state index is 11.0. The maximum atomic E-state index is 11.0. The molecule has 7 heteroatoms. The molecule has 0 aliphatic carbocycles. The normalized spacial score (nSPS) is 9.75. The zero-order chi connectivity index (χ0) is 8.97. The quantitative estimate of drug-likeness (QED) is 0.540. The fourth-order valence-corrected chi connectivity index (χ4v) is 0.676. The van der Waals surface area contributed by atoms with Gasteiger partial charge in [0.2, 0.25) is 0 Å². The van der Waals surface area contributed by atoms with Gasteiger partial charge < -0.3 is 0 Å². The van der Waals surface area contributed by atoms with Crippen molar-refractivity contribution in [3.8, 4) is 0 Å². The number of rotatable bonds is 2. The van der Waals surface area contributed by atoms with E-state index in [-0.39, 0.29) is 5.69 Å². The summed E-state index contributed by atoms with van der Waals surface area (Å²) in [5.41, 5.74) is -0.287. The summed E-state index contributed by atoms with van der Waals surface area (Å²) in [5.74, 6) is 0.503. The first-order chi connectivity index (χ1) is 5.74. The molecule has 5 nitrogen and oxygen atoms in total. The van der Waals surface area contributed by atoms with Crippen molar-refractivity contribution in [1.29, 1.82) is 0 Å². The second-order valence-electron chi connectivity index (χ2n) is 2.24. The van der Waals surface area contributed by atoms with E-state index in [1.165, 1.54) is 11.8 Å². The minimum atomic E-state index is -0.287. The summed E-state index contributed by atoms with van der Waals surface area (Å²) in [7, 11) is 4.75. The van der Waals surface area contributed by atoms with Gasteiger partial charge in [-0.1, -0.05) is 0 Å². The Labute approximate surface area is 71.2 Å². The van der Waals surface area contributed by atoms with Crippen LogP contribution in [0.25, 0.3) is 0 Å². The molecular formula is C5H8B2N4O. The van der Waals surface area contributed by atoms with Crippen molar-refractivity contribution in [2.45, 2.75) is 0 Å². The van der Waals surface area contributed by atoms with Crippen LogP contribution in [-0.4, -0.2) is 24.7 Å². The standard InChI is InChI=1S/C5H8B2N4O/c1-11-3-2-4(8-5(11)12)9-7-10-6/h2-3H,6H2,1H3,(H,8,9,12). The van der Waals surface area contributed by atoms with E-state index in [2.05, 4.69) is 15.0 Å². The van der Waals surface area contributed by atoms with Crippen LogP contribution in [0.15, 0.2) is 21.9 Å². The van der Waals surface area contributed by atoms with E-state index in [0.717, 1.165) is 0 Å². The monoisotopic (exact) mass is 162 g/mol. The molecule has 0 aromatic carbocycles. The fraction of sp³-hybridized carbons (Fsp3) is 0.200. The number of aryl methyl sites for hydroxylation is 1. The molecule has 0 radical (unpaired) electrons. The molecule has 0 bridgehead atoms. The second-order valence-corrected chi connectivity index (χ2v) is 2.24. The van der Waals surface area contributed by atoms with Gasteiger partial charge in [0.15, 0.2) is 0 Å². The van der Waals surface area contributed by atoms with E-state index in [1.807, 2.05) is 0 Å². The molecule has 1 N–H and O–H groups in total. The molecule has 0 unspecified atom stereocenters. The number of anilines is 1. The summed E-state index contributed by atoms with van der Waals surface area (Å²) < 4.78 is 1.40. The van der Waals surface area contributed by atoms with E-state index in [1.54, 1.807) is 27.3 Å². The Morgan fingerprint density at radius 2 is 2.58 bits per heavy atom. The van der Waals surface area contributed by atoms with Crippen molar-refractivity contribution in [2.75, 3.05) is 5.23 Å². The van der Waals surface area contributed by atoms with Crippen LogP contribution in [-0.2, 0) is 7.05 Å². The van der Waals surface area contributed by atoms with Crippen LogP contribution in [0.1, 0.15) is 0 Å². The van der Waals surface area contributed by atoms with Gasteiger partial charge in [0.25, 0.3) is 0 Å². The molecule has 0 spiro atoms. The first kappa shape index (κ1) is 8.70. The summed E-state index contributed by atoms with van der Waals surface area (Å²) in [6.45, 7) is 0. The molecule has 0 aliphatic rings. The number of nitrogens with one attached hydrogen (secondary N) is 1. The Kier molecular flexibility index (Phi) is 2.79. The zero-order valence-electron chi connectivity index (χ0n) is 6.98. The van der Waals surface area contributed by atoms with Crippen LogP contribution in [0.2, 0.25) is 0 Å². The molecule has 0 fully saturated rings. The molecule has 0 amide bonds. The molecule has 1 heterocycles. The summed E-state index contributed by atoms with van der Waals surface area (Å²) in [6, 6.07) is 1.70. The fourth-order valence-electron chi connectivity index (χ4n) is 0.676. The van der Waals surface area contributed by atoms with Gasteiger partial charge in [0, 0.05) is 0 Å². The Morgan fingerprint density at radius 1 is 1.83 bits per heavy atom. The number of nitrogens with zero attached hydrogens (tertiary/aromatic N) is 3. The van der Waals surface area contributed by atoms with Crippen molar-refractivity contribution >= 4 is 21.0 Å². The molecule has 0 aliphatic heterocycles. The van der Waals surface area contributed by atoms with Crippen molar-refractivity contribution < 1.29 is 0 Å². The van der Waals surface area contributed by atoms with Crippen LogP contribution >= 0.6 is 0 Å². The predicted octanol–water partition coefficient (Wildman–Crippen LogP) is -1.46. The van der Waals surface area contributed by atoms with Crippen molar-refractivity contribution in [1.82, 2.24) is 9.55 Å². The number of aromatic nitrogens is 2.